The smallest absolute Gasteiger partial charge is 0.104 e. The van der Waals surface area contributed by atoms with Crippen molar-refractivity contribution in [2.75, 3.05) is 6.54 Å². The van der Waals surface area contributed by atoms with Crippen molar-refractivity contribution in [1.82, 2.24) is 0 Å². The molecule has 2 heteroatoms. The molecule has 0 amide bonds. The van der Waals surface area contributed by atoms with Gasteiger partial charge in [-0.3, -0.25) is 0 Å². The summed E-state index contributed by atoms with van der Waals surface area (Å²) < 4.78 is 0. The summed E-state index contributed by atoms with van der Waals surface area (Å²) in [6.07, 6.45) is -0.578. The van der Waals surface area contributed by atoms with E-state index in [0.717, 1.165) is 11.1 Å². The molecule has 0 saturated heterocycles. The van der Waals surface area contributed by atoms with Gasteiger partial charge in [0, 0.05) is 12.0 Å². The average Bonchev–Trinajstić information content (AvgIpc) is 2.47. The van der Waals surface area contributed by atoms with Gasteiger partial charge in [0.15, 0.2) is 0 Å². The van der Waals surface area contributed by atoms with Gasteiger partial charge >= 0.3 is 0 Å². The number of nitrogens with two attached hydrogens (primary N) is 1. The van der Waals surface area contributed by atoms with E-state index in [-0.39, 0.29) is 5.41 Å². The number of aryl methyl sites for hydroxylation is 1. The Morgan fingerprint density at radius 1 is 0.950 bits per heavy atom. The number of aliphatic hydroxyl groups is 1. The first-order valence-electron chi connectivity index (χ1n) is 6.99. The van der Waals surface area contributed by atoms with Crippen LogP contribution in [0.25, 0.3) is 0 Å². The van der Waals surface area contributed by atoms with E-state index in [0.29, 0.717) is 6.54 Å². The quantitative estimate of drug-likeness (QED) is 0.894. The van der Waals surface area contributed by atoms with Crippen molar-refractivity contribution < 1.29 is 5.11 Å². The molecule has 0 aliphatic rings. The third-order valence-electron chi connectivity index (χ3n) is 3.91. The molecular weight excluding hydrogens is 246 g/mol. The normalized spacial score (nSPS) is 13.2. The second kappa shape index (κ2) is 5.78. The Bertz CT molecular complexity index is 555. The van der Waals surface area contributed by atoms with Crippen LogP contribution in [0.1, 0.15) is 42.2 Å². The van der Waals surface area contributed by atoms with Crippen molar-refractivity contribution in [2.45, 2.75) is 32.3 Å². The van der Waals surface area contributed by atoms with Gasteiger partial charge in [-0.15, -0.1) is 0 Å². The Balaban J connectivity index is 2.23. The lowest BCUT2D eigenvalue weighted by atomic mass is 9.84. The summed E-state index contributed by atoms with van der Waals surface area (Å²) in [5.41, 5.74) is 9.97. The summed E-state index contributed by atoms with van der Waals surface area (Å²) >= 11 is 0. The average molecular weight is 269 g/mol. The molecule has 0 aromatic heterocycles. The minimum absolute atomic E-state index is 0.0344. The third-order valence-corrected chi connectivity index (χ3v) is 3.91. The molecule has 0 aliphatic carbocycles. The lowest BCUT2D eigenvalue weighted by Gasteiger charge is -2.23. The van der Waals surface area contributed by atoms with Crippen LogP contribution in [0.2, 0.25) is 0 Å². The van der Waals surface area contributed by atoms with E-state index in [1.165, 1.54) is 11.1 Å². The Hall–Kier alpha value is -1.64. The van der Waals surface area contributed by atoms with E-state index in [1.54, 1.807) is 0 Å². The summed E-state index contributed by atoms with van der Waals surface area (Å²) in [4.78, 5) is 0. The van der Waals surface area contributed by atoms with E-state index in [2.05, 4.69) is 26.0 Å². The first-order valence-corrected chi connectivity index (χ1v) is 6.99. The van der Waals surface area contributed by atoms with Crippen molar-refractivity contribution in [2.24, 2.45) is 5.73 Å². The van der Waals surface area contributed by atoms with Crippen LogP contribution >= 0.6 is 0 Å². The second-order valence-corrected chi connectivity index (χ2v) is 6.02. The number of rotatable bonds is 4. The Kier molecular flexibility index (Phi) is 4.26. The summed E-state index contributed by atoms with van der Waals surface area (Å²) in [6, 6.07) is 16.1. The molecule has 2 aromatic rings. The Labute approximate surface area is 121 Å². The van der Waals surface area contributed by atoms with Crippen LogP contribution in [0.5, 0.6) is 0 Å². The molecule has 1 atom stereocenters. The molecule has 0 spiro atoms. The van der Waals surface area contributed by atoms with Crippen molar-refractivity contribution in [3.05, 3.63) is 70.8 Å². The largest absolute Gasteiger partial charge is 0.384 e. The SMILES string of the molecule is Cc1ccc(C(O)c2ccc(C(C)(C)CN)cc2)cc1. The standard InChI is InChI=1S/C18H23NO/c1-13-4-6-14(7-5-13)17(20)15-8-10-16(11-9-15)18(2,3)12-19/h4-11,17,20H,12,19H2,1-3H3. The van der Waals surface area contributed by atoms with E-state index in [9.17, 15) is 5.11 Å². The second-order valence-electron chi connectivity index (χ2n) is 6.02. The number of benzene rings is 2. The highest BCUT2D eigenvalue weighted by atomic mass is 16.3. The zero-order valence-electron chi connectivity index (χ0n) is 12.4. The minimum atomic E-state index is -0.578. The molecule has 0 bridgehead atoms. The van der Waals surface area contributed by atoms with Gasteiger partial charge in [-0.25, -0.2) is 0 Å². The lowest BCUT2D eigenvalue weighted by molar-refractivity contribution is 0.220. The van der Waals surface area contributed by atoms with Crippen LogP contribution in [-0.4, -0.2) is 11.7 Å². The molecule has 0 fully saturated rings. The minimum Gasteiger partial charge on any atom is -0.384 e. The van der Waals surface area contributed by atoms with Crippen LogP contribution in [0.15, 0.2) is 48.5 Å². The number of aliphatic hydroxyl groups excluding tert-OH is 1. The van der Waals surface area contributed by atoms with Gasteiger partial charge in [0.25, 0.3) is 0 Å². The van der Waals surface area contributed by atoms with Crippen molar-refractivity contribution in [3.8, 4) is 0 Å². The van der Waals surface area contributed by atoms with Crippen LogP contribution in [0.4, 0.5) is 0 Å². The predicted molar refractivity (Wildman–Crippen MR) is 83.8 cm³/mol. The van der Waals surface area contributed by atoms with Gasteiger partial charge in [0.2, 0.25) is 0 Å². The summed E-state index contributed by atoms with van der Waals surface area (Å²) in [7, 11) is 0. The summed E-state index contributed by atoms with van der Waals surface area (Å²) in [5.74, 6) is 0. The third kappa shape index (κ3) is 3.09. The van der Waals surface area contributed by atoms with Gasteiger partial charge < -0.3 is 10.8 Å². The number of hydrogen-bond acceptors (Lipinski definition) is 2. The topological polar surface area (TPSA) is 46.2 Å². The van der Waals surface area contributed by atoms with E-state index >= 15 is 0 Å². The Morgan fingerprint density at radius 3 is 1.85 bits per heavy atom. The highest BCUT2D eigenvalue weighted by Crippen LogP contribution is 2.26. The molecule has 2 aromatic carbocycles. The fourth-order valence-corrected chi connectivity index (χ4v) is 2.18. The zero-order chi connectivity index (χ0) is 14.8. The van der Waals surface area contributed by atoms with Crippen molar-refractivity contribution in [1.29, 1.82) is 0 Å². The molecule has 3 N–H and O–H groups in total. The molecule has 0 radical (unpaired) electrons. The molecule has 0 saturated carbocycles. The maximum Gasteiger partial charge on any atom is 0.104 e. The molecule has 2 nitrogen and oxygen atoms in total. The van der Waals surface area contributed by atoms with Gasteiger partial charge in [0.1, 0.15) is 6.10 Å². The Morgan fingerprint density at radius 2 is 1.40 bits per heavy atom. The molecule has 106 valence electrons. The molecule has 0 heterocycles. The molecule has 1 unspecified atom stereocenters. The van der Waals surface area contributed by atoms with E-state index in [4.69, 9.17) is 5.73 Å². The maximum absolute atomic E-state index is 10.4. The molecule has 2 rings (SSSR count). The fourth-order valence-electron chi connectivity index (χ4n) is 2.18. The molecule has 20 heavy (non-hydrogen) atoms. The first-order chi connectivity index (χ1) is 9.44. The van der Waals surface area contributed by atoms with Crippen molar-refractivity contribution in [3.63, 3.8) is 0 Å². The highest BCUT2D eigenvalue weighted by molar-refractivity contribution is 5.35. The van der Waals surface area contributed by atoms with Gasteiger partial charge in [-0.05, 0) is 23.6 Å². The van der Waals surface area contributed by atoms with Crippen molar-refractivity contribution >= 4 is 0 Å². The van der Waals surface area contributed by atoms with Gasteiger partial charge in [0.05, 0.1) is 0 Å². The van der Waals surface area contributed by atoms with Crippen LogP contribution in [0, 0.1) is 6.92 Å². The predicted octanol–water partition coefficient (Wildman–Crippen LogP) is 3.31. The molecule has 0 aliphatic heterocycles. The monoisotopic (exact) mass is 269 g/mol. The van der Waals surface area contributed by atoms with Crippen LogP contribution in [-0.2, 0) is 5.41 Å². The van der Waals surface area contributed by atoms with Crippen LogP contribution in [0.3, 0.4) is 0 Å². The fraction of sp³-hybridized carbons (Fsp3) is 0.333. The zero-order valence-corrected chi connectivity index (χ0v) is 12.4. The lowest BCUT2D eigenvalue weighted by Crippen LogP contribution is -2.28. The van der Waals surface area contributed by atoms with Crippen LogP contribution < -0.4 is 5.73 Å². The summed E-state index contributed by atoms with van der Waals surface area (Å²) in [6.45, 7) is 6.89. The maximum atomic E-state index is 10.4. The molecular formula is C18H23NO. The van der Waals surface area contributed by atoms with Gasteiger partial charge in [-0.2, -0.15) is 0 Å². The summed E-state index contributed by atoms with van der Waals surface area (Å²) in [5, 5.41) is 10.4. The first kappa shape index (κ1) is 14.8. The van der Waals surface area contributed by atoms with E-state index < -0.39 is 6.10 Å². The highest BCUT2D eigenvalue weighted by Gasteiger charge is 2.19. The van der Waals surface area contributed by atoms with E-state index in [1.807, 2.05) is 43.3 Å². The van der Waals surface area contributed by atoms with Gasteiger partial charge in [-0.1, -0.05) is 67.9 Å². The number of hydrogen-bond donors (Lipinski definition) is 2.